The van der Waals surface area contributed by atoms with Gasteiger partial charge in [0.05, 0.1) is 13.2 Å². The van der Waals surface area contributed by atoms with Gasteiger partial charge in [-0.25, -0.2) is 0 Å². The molecule has 0 saturated carbocycles. The first kappa shape index (κ1) is 21.4. The van der Waals surface area contributed by atoms with Gasteiger partial charge in [0.1, 0.15) is 11.8 Å². The molecule has 0 bridgehead atoms. The minimum atomic E-state index is -0.744. The molecule has 2 amide bonds. The van der Waals surface area contributed by atoms with Crippen LogP contribution < -0.4 is 16.2 Å². The molecule has 6 nitrogen and oxygen atoms in total. The van der Waals surface area contributed by atoms with Crippen LogP contribution in [0.4, 0.5) is 0 Å². The van der Waals surface area contributed by atoms with Gasteiger partial charge in [0, 0.05) is 6.54 Å². The zero-order valence-corrected chi connectivity index (χ0v) is 16.5. The van der Waals surface area contributed by atoms with Crippen molar-refractivity contribution in [2.24, 2.45) is 11.5 Å². The molecular weight excluding hydrogens is 354 g/mol. The number of methoxy groups -OCH3 is 1. The molecule has 2 atom stereocenters. The number of benzene rings is 2. The predicted molar refractivity (Wildman–Crippen MR) is 110 cm³/mol. The third-order valence-corrected chi connectivity index (χ3v) is 4.80. The number of carbonyl (C=O) groups is 2. The Morgan fingerprint density at radius 2 is 1.68 bits per heavy atom. The maximum absolute atomic E-state index is 12.9. The lowest BCUT2D eigenvalue weighted by Gasteiger charge is -2.30. The molecule has 0 heterocycles. The van der Waals surface area contributed by atoms with E-state index in [0.717, 1.165) is 24.2 Å². The van der Waals surface area contributed by atoms with E-state index in [1.807, 2.05) is 54.6 Å². The number of ether oxygens (including phenoxy) is 1. The summed E-state index contributed by atoms with van der Waals surface area (Å²) in [6.45, 7) is 2.07. The lowest BCUT2D eigenvalue weighted by atomic mass is 10.0. The molecule has 0 radical (unpaired) electrons. The minimum Gasteiger partial charge on any atom is -0.497 e. The molecule has 2 aromatic carbocycles. The van der Waals surface area contributed by atoms with Crippen LogP contribution in [0.25, 0.3) is 0 Å². The minimum absolute atomic E-state index is 0.268. The summed E-state index contributed by atoms with van der Waals surface area (Å²) in [6.07, 6.45) is 1.91. The average molecular weight is 383 g/mol. The van der Waals surface area contributed by atoms with E-state index >= 15 is 0 Å². The van der Waals surface area contributed by atoms with Crippen molar-refractivity contribution >= 4 is 11.8 Å². The zero-order chi connectivity index (χ0) is 20.5. The van der Waals surface area contributed by atoms with E-state index in [1.165, 1.54) is 10.5 Å². The highest BCUT2D eigenvalue weighted by atomic mass is 16.5. The quantitative estimate of drug-likeness (QED) is 0.655. The highest BCUT2D eigenvalue weighted by Crippen LogP contribution is 2.14. The van der Waals surface area contributed by atoms with Crippen LogP contribution in [0.3, 0.4) is 0 Å². The number of primary amides is 1. The summed E-state index contributed by atoms with van der Waals surface area (Å²) in [5, 5.41) is 0. The number of carbonyl (C=O) groups excluding carboxylic acids is 2. The van der Waals surface area contributed by atoms with Crippen molar-refractivity contribution in [1.82, 2.24) is 4.90 Å². The summed E-state index contributed by atoms with van der Waals surface area (Å²) in [5.41, 5.74) is 13.7. The second-order valence-electron chi connectivity index (χ2n) is 6.86. The van der Waals surface area contributed by atoms with Crippen molar-refractivity contribution in [3.05, 3.63) is 65.7 Å². The van der Waals surface area contributed by atoms with Crippen LogP contribution in [-0.4, -0.2) is 42.5 Å². The number of amides is 2. The van der Waals surface area contributed by atoms with Gasteiger partial charge < -0.3 is 21.1 Å². The van der Waals surface area contributed by atoms with Crippen LogP contribution in [0.2, 0.25) is 0 Å². The largest absolute Gasteiger partial charge is 0.497 e. The number of hydrogen-bond acceptors (Lipinski definition) is 4. The van der Waals surface area contributed by atoms with Crippen LogP contribution >= 0.6 is 0 Å². The molecule has 2 rings (SSSR count). The topological polar surface area (TPSA) is 98.7 Å². The van der Waals surface area contributed by atoms with E-state index < -0.39 is 18.0 Å². The second-order valence-corrected chi connectivity index (χ2v) is 6.86. The molecule has 0 aliphatic heterocycles. The van der Waals surface area contributed by atoms with Crippen molar-refractivity contribution in [2.75, 3.05) is 13.7 Å². The molecule has 28 heavy (non-hydrogen) atoms. The lowest BCUT2D eigenvalue weighted by Crippen LogP contribution is -2.53. The third-order valence-electron chi connectivity index (χ3n) is 4.80. The maximum Gasteiger partial charge on any atom is 0.240 e. The summed E-state index contributed by atoms with van der Waals surface area (Å²) in [7, 11) is 1.60. The molecule has 0 aliphatic rings. The van der Waals surface area contributed by atoms with E-state index in [9.17, 15) is 9.59 Å². The molecule has 0 saturated heterocycles. The average Bonchev–Trinajstić information content (AvgIpc) is 2.71. The molecule has 4 N–H and O–H groups in total. The summed E-state index contributed by atoms with van der Waals surface area (Å²) >= 11 is 0. The highest BCUT2D eigenvalue weighted by molar-refractivity contribution is 5.88. The molecule has 150 valence electrons. The Balaban J connectivity index is 2.01. The van der Waals surface area contributed by atoms with Crippen molar-refractivity contribution in [2.45, 2.75) is 38.3 Å². The fourth-order valence-electron chi connectivity index (χ4n) is 3.06. The molecule has 0 aliphatic carbocycles. The first-order valence-electron chi connectivity index (χ1n) is 9.44. The Kier molecular flexibility index (Phi) is 8.02. The molecular formula is C22H29N3O3. The van der Waals surface area contributed by atoms with Gasteiger partial charge in [0.2, 0.25) is 11.8 Å². The molecule has 0 aromatic heterocycles. The van der Waals surface area contributed by atoms with Gasteiger partial charge in [0.25, 0.3) is 0 Å². The summed E-state index contributed by atoms with van der Waals surface area (Å²) < 4.78 is 5.14. The smallest absolute Gasteiger partial charge is 0.240 e. The summed E-state index contributed by atoms with van der Waals surface area (Å²) in [6, 6.07) is 16.0. The van der Waals surface area contributed by atoms with Gasteiger partial charge in [-0.05, 0) is 49.4 Å². The van der Waals surface area contributed by atoms with E-state index in [2.05, 4.69) is 0 Å². The molecule has 0 unspecified atom stereocenters. The van der Waals surface area contributed by atoms with Gasteiger partial charge in [-0.15, -0.1) is 0 Å². The van der Waals surface area contributed by atoms with Gasteiger partial charge in [-0.3, -0.25) is 9.59 Å². The standard InChI is InChI=1S/C22H29N3O3/c1-16(21(24)26)25(14-6-9-17-7-4-3-5-8-17)22(27)20(23)15-18-10-12-19(28-2)13-11-18/h3-5,7-8,10-13,16,20H,6,9,14-15,23H2,1-2H3,(H2,24,26)/t16-,20+/m1/s1. The Hall–Kier alpha value is -2.86. The Morgan fingerprint density at radius 1 is 1.04 bits per heavy atom. The Labute approximate surface area is 166 Å². The van der Waals surface area contributed by atoms with Crippen molar-refractivity contribution in [3.8, 4) is 5.75 Å². The summed E-state index contributed by atoms with van der Waals surface area (Å²) in [4.78, 5) is 26.1. The first-order valence-corrected chi connectivity index (χ1v) is 9.44. The number of hydrogen-bond donors (Lipinski definition) is 2. The van der Waals surface area contributed by atoms with E-state index in [4.69, 9.17) is 16.2 Å². The van der Waals surface area contributed by atoms with Crippen LogP contribution in [-0.2, 0) is 22.4 Å². The highest BCUT2D eigenvalue weighted by Gasteiger charge is 2.28. The van der Waals surface area contributed by atoms with E-state index in [0.29, 0.717) is 13.0 Å². The molecule has 0 spiro atoms. The van der Waals surface area contributed by atoms with E-state index in [1.54, 1.807) is 14.0 Å². The van der Waals surface area contributed by atoms with Crippen LogP contribution in [0.15, 0.2) is 54.6 Å². The number of aryl methyl sites for hydroxylation is 1. The monoisotopic (exact) mass is 383 g/mol. The van der Waals surface area contributed by atoms with E-state index in [-0.39, 0.29) is 5.91 Å². The molecule has 6 heteroatoms. The van der Waals surface area contributed by atoms with Crippen LogP contribution in [0.5, 0.6) is 5.75 Å². The zero-order valence-electron chi connectivity index (χ0n) is 16.5. The number of nitrogens with two attached hydrogens (primary N) is 2. The Morgan fingerprint density at radius 3 is 2.25 bits per heavy atom. The normalized spacial score (nSPS) is 12.8. The Bertz CT molecular complexity index is 762. The van der Waals surface area contributed by atoms with Crippen molar-refractivity contribution in [3.63, 3.8) is 0 Å². The molecule has 0 fully saturated rings. The fraction of sp³-hybridized carbons (Fsp3) is 0.364. The van der Waals surface area contributed by atoms with Crippen molar-refractivity contribution in [1.29, 1.82) is 0 Å². The van der Waals surface area contributed by atoms with Gasteiger partial charge in [-0.2, -0.15) is 0 Å². The second kappa shape index (κ2) is 10.5. The van der Waals surface area contributed by atoms with Crippen LogP contribution in [0, 0.1) is 0 Å². The summed E-state index contributed by atoms with van der Waals surface area (Å²) in [5.74, 6) is -0.0616. The molecule has 2 aromatic rings. The lowest BCUT2D eigenvalue weighted by molar-refractivity contribution is -0.139. The van der Waals surface area contributed by atoms with Crippen LogP contribution in [0.1, 0.15) is 24.5 Å². The maximum atomic E-state index is 12.9. The van der Waals surface area contributed by atoms with Crippen molar-refractivity contribution < 1.29 is 14.3 Å². The van der Waals surface area contributed by atoms with Gasteiger partial charge >= 0.3 is 0 Å². The number of nitrogens with zero attached hydrogens (tertiary/aromatic N) is 1. The number of rotatable bonds is 10. The van der Waals surface area contributed by atoms with Gasteiger partial charge in [-0.1, -0.05) is 42.5 Å². The predicted octanol–water partition coefficient (Wildman–Crippen LogP) is 1.90. The third kappa shape index (κ3) is 6.09. The fourth-order valence-corrected chi connectivity index (χ4v) is 3.06. The van der Waals surface area contributed by atoms with Gasteiger partial charge in [0.15, 0.2) is 0 Å². The first-order chi connectivity index (χ1) is 13.4. The SMILES string of the molecule is COc1ccc(C[C@H](N)C(=O)N(CCCc2ccccc2)[C@H](C)C(N)=O)cc1.